The SMILES string of the molecule is C=C(C)C(=O)Oc1cc(C(C)(C)C)c(O)c(C(C)(C)C)c1.C=C(C)C(=O)Oc1cc(C(C)(C)C)c(O)c(C(C)(C)C)c1.C=C(C)C(=O)Oc1cc(C(C)(C)C)c(O)c(C(C)(C)C)c1.C=C(CC)C(=O)Oc1cc(C(C)(C)C)c(O)c(C(C)(C)C)c1. The lowest BCUT2D eigenvalue weighted by molar-refractivity contribution is -0.131. The first-order chi connectivity index (χ1) is 37.9. The van der Waals surface area contributed by atoms with E-state index in [1.54, 1.807) is 69.3 Å². The number of benzene rings is 4. The predicted octanol–water partition coefficient (Wildman–Crippen LogP) is 18.3. The molecule has 4 N–H and O–H groups in total. The quantitative estimate of drug-likeness (QED) is 0.0707. The van der Waals surface area contributed by atoms with Crippen molar-refractivity contribution in [2.24, 2.45) is 0 Å². The van der Waals surface area contributed by atoms with Crippen molar-refractivity contribution in [1.82, 2.24) is 0 Å². The molecule has 0 fully saturated rings. The summed E-state index contributed by atoms with van der Waals surface area (Å²) in [6.07, 6.45) is 0.551. The predicted molar refractivity (Wildman–Crippen MR) is 348 cm³/mol. The Balaban J connectivity index is 0.000000567. The normalized spacial score (nSPS) is 12.1. The van der Waals surface area contributed by atoms with Crippen molar-refractivity contribution in [3.05, 3.63) is 142 Å². The Morgan fingerprint density at radius 2 is 0.435 bits per heavy atom. The number of ether oxygens (including phenoxy) is 4. The van der Waals surface area contributed by atoms with Crippen LogP contribution in [0.4, 0.5) is 0 Å². The molecule has 0 spiro atoms. The van der Waals surface area contributed by atoms with E-state index in [1.165, 1.54) is 0 Å². The molecule has 0 radical (unpaired) electrons. The molecule has 0 bridgehead atoms. The molecule has 470 valence electrons. The van der Waals surface area contributed by atoms with Gasteiger partial charge in [-0.2, -0.15) is 0 Å². The lowest BCUT2D eigenvalue weighted by atomic mass is 9.79. The summed E-state index contributed by atoms with van der Waals surface area (Å²) in [7, 11) is 0. The van der Waals surface area contributed by atoms with Gasteiger partial charge in [-0.1, -0.05) is 199 Å². The Labute approximate surface area is 511 Å². The number of hydrogen-bond acceptors (Lipinski definition) is 12. The lowest BCUT2D eigenvalue weighted by Gasteiger charge is -2.28. The number of carbonyl (C=O) groups is 4. The van der Waals surface area contributed by atoms with Crippen LogP contribution in [0.3, 0.4) is 0 Å². The number of phenols is 4. The smallest absolute Gasteiger partial charge is 0.338 e. The number of aromatic hydroxyl groups is 4. The van der Waals surface area contributed by atoms with Gasteiger partial charge in [-0.05, 0) is 119 Å². The van der Waals surface area contributed by atoms with Gasteiger partial charge in [0.05, 0.1) is 0 Å². The molecule has 85 heavy (non-hydrogen) atoms. The highest BCUT2D eigenvalue weighted by Crippen LogP contribution is 2.46. The Bertz CT molecular complexity index is 2750. The molecule has 0 atom stereocenters. The maximum atomic E-state index is 12.0. The molecule has 4 aromatic carbocycles. The zero-order chi connectivity index (χ0) is 67.0. The van der Waals surface area contributed by atoms with Crippen LogP contribution in [0.1, 0.15) is 245 Å². The van der Waals surface area contributed by atoms with Crippen molar-refractivity contribution in [1.29, 1.82) is 0 Å². The van der Waals surface area contributed by atoms with Crippen LogP contribution in [-0.2, 0) is 62.5 Å². The summed E-state index contributed by atoms with van der Waals surface area (Å²) in [5, 5.41) is 42.3. The molecular formula is C73H106O12. The van der Waals surface area contributed by atoms with Gasteiger partial charge in [-0.25, -0.2) is 19.2 Å². The Kier molecular flexibility index (Phi) is 25.0. The zero-order valence-electron chi connectivity index (χ0n) is 57.2. The standard InChI is InChI=1S/C19H28O3.3C18H26O3/c1-9-12(2)17(21)22-13-10-14(18(3,4)5)16(20)15(11-13)19(6,7)8;3*1-11(2)16(20)21-12-9-13(17(3,4)5)15(19)14(10-12)18(6,7)8/h10-11,20H,2,9H2,1,3-8H3;3*9-10,19H,1H2,2-8H3. The molecule has 0 saturated heterocycles. The van der Waals surface area contributed by atoms with Crippen molar-refractivity contribution >= 4 is 23.9 Å². The van der Waals surface area contributed by atoms with E-state index in [9.17, 15) is 39.6 Å². The van der Waals surface area contributed by atoms with E-state index in [0.29, 0.717) is 51.7 Å². The van der Waals surface area contributed by atoms with Crippen molar-refractivity contribution in [2.45, 2.75) is 244 Å². The fourth-order valence-corrected chi connectivity index (χ4v) is 8.15. The molecule has 0 aliphatic heterocycles. The minimum absolute atomic E-state index is 0.254. The molecule has 0 aliphatic rings. The van der Waals surface area contributed by atoms with Gasteiger partial charge < -0.3 is 39.4 Å². The van der Waals surface area contributed by atoms with E-state index in [1.807, 2.05) is 173 Å². The van der Waals surface area contributed by atoms with Gasteiger partial charge in [0, 0.05) is 66.8 Å². The average molecular weight is 1180 g/mol. The van der Waals surface area contributed by atoms with Crippen LogP contribution in [-0.4, -0.2) is 44.3 Å². The van der Waals surface area contributed by atoms with E-state index in [0.717, 1.165) is 44.5 Å². The third-order valence-electron chi connectivity index (χ3n) is 13.4. The highest BCUT2D eigenvalue weighted by atomic mass is 16.5. The largest absolute Gasteiger partial charge is 0.507 e. The van der Waals surface area contributed by atoms with Crippen LogP contribution in [0.25, 0.3) is 0 Å². The number of carbonyl (C=O) groups excluding carboxylic acids is 4. The second kappa shape index (κ2) is 28.0. The monoisotopic (exact) mass is 1170 g/mol. The summed E-state index contributed by atoms with van der Waals surface area (Å²) in [4.78, 5) is 47.2. The van der Waals surface area contributed by atoms with E-state index in [4.69, 9.17) is 18.9 Å². The van der Waals surface area contributed by atoms with E-state index < -0.39 is 23.9 Å². The van der Waals surface area contributed by atoms with Gasteiger partial charge in [0.2, 0.25) is 0 Å². The van der Waals surface area contributed by atoms with Crippen LogP contribution >= 0.6 is 0 Å². The summed E-state index contributed by atoms with van der Waals surface area (Å²) in [5.41, 5.74) is 5.55. The highest BCUT2D eigenvalue weighted by Gasteiger charge is 2.32. The minimum atomic E-state index is -0.458. The first-order valence-electron chi connectivity index (χ1n) is 28.9. The van der Waals surface area contributed by atoms with Crippen molar-refractivity contribution in [2.75, 3.05) is 0 Å². The van der Waals surface area contributed by atoms with Crippen molar-refractivity contribution < 1.29 is 58.6 Å². The fraction of sp³-hybridized carbons (Fsp3) is 0.507. The molecule has 4 rings (SSSR count). The first-order valence-corrected chi connectivity index (χ1v) is 28.9. The molecule has 0 aliphatic carbocycles. The minimum Gasteiger partial charge on any atom is -0.507 e. The van der Waals surface area contributed by atoms with Crippen LogP contribution < -0.4 is 18.9 Å². The van der Waals surface area contributed by atoms with E-state index >= 15 is 0 Å². The Hall–Kier alpha value is -7.08. The topological polar surface area (TPSA) is 186 Å². The fourth-order valence-electron chi connectivity index (χ4n) is 8.15. The number of esters is 4. The molecular weight excluding hydrogens is 1070 g/mol. The first kappa shape index (κ1) is 75.9. The molecule has 4 aromatic rings. The molecule has 0 heterocycles. The lowest BCUT2D eigenvalue weighted by Crippen LogP contribution is -2.18. The molecule has 0 unspecified atom stereocenters. The zero-order valence-corrected chi connectivity index (χ0v) is 57.2. The van der Waals surface area contributed by atoms with Crippen LogP contribution in [0.5, 0.6) is 46.0 Å². The van der Waals surface area contributed by atoms with E-state index in [-0.39, 0.29) is 66.3 Å². The number of phenolic OH excluding ortho intramolecular Hbond substituents is 4. The molecule has 0 saturated carbocycles. The second-order valence-corrected chi connectivity index (χ2v) is 30.3. The van der Waals surface area contributed by atoms with Gasteiger partial charge in [-0.3, -0.25) is 0 Å². The summed E-state index contributed by atoms with van der Waals surface area (Å²) < 4.78 is 21.5. The number of rotatable bonds is 9. The highest BCUT2D eigenvalue weighted by molar-refractivity contribution is 5.90. The van der Waals surface area contributed by atoms with E-state index in [2.05, 4.69) is 26.3 Å². The van der Waals surface area contributed by atoms with Gasteiger partial charge in [0.15, 0.2) is 0 Å². The Morgan fingerprint density at radius 1 is 0.306 bits per heavy atom. The summed E-state index contributed by atoms with van der Waals surface area (Å²) >= 11 is 0. The van der Waals surface area contributed by atoms with Crippen molar-refractivity contribution in [3.8, 4) is 46.0 Å². The van der Waals surface area contributed by atoms with Crippen LogP contribution in [0.15, 0.2) is 97.1 Å². The van der Waals surface area contributed by atoms with Crippen LogP contribution in [0.2, 0.25) is 0 Å². The third-order valence-corrected chi connectivity index (χ3v) is 13.4. The third kappa shape index (κ3) is 22.4. The molecule has 0 aromatic heterocycles. The van der Waals surface area contributed by atoms with Gasteiger partial charge in [0.25, 0.3) is 0 Å². The summed E-state index contributed by atoms with van der Waals surface area (Å²) in [6, 6.07) is 13.8. The maximum absolute atomic E-state index is 12.0. The maximum Gasteiger partial charge on any atom is 0.338 e. The molecule has 12 heteroatoms. The van der Waals surface area contributed by atoms with Gasteiger partial charge in [0.1, 0.15) is 46.0 Å². The van der Waals surface area contributed by atoms with Crippen LogP contribution in [0, 0.1) is 0 Å². The molecule has 12 nitrogen and oxygen atoms in total. The number of hydrogen-bond donors (Lipinski definition) is 4. The second-order valence-electron chi connectivity index (χ2n) is 30.3. The van der Waals surface area contributed by atoms with Crippen molar-refractivity contribution in [3.63, 3.8) is 0 Å². The molecule has 0 amide bonds. The average Bonchev–Trinajstić information content (AvgIpc) is 2.39. The van der Waals surface area contributed by atoms with Gasteiger partial charge >= 0.3 is 23.9 Å². The Morgan fingerprint density at radius 3 is 0.541 bits per heavy atom. The summed E-state index contributed by atoms with van der Waals surface area (Å²) in [6.45, 7) is 69.5. The van der Waals surface area contributed by atoms with Gasteiger partial charge in [-0.15, -0.1) is 0 Å². The summed E-state index contributed by atoms with van der Waals surface area (Å²) in [5.74, 6) is 1.05.